The second-order valence-corrected chi connectivity index (χ2v) is 9.00. The van der Waals surface area contributed by atoms with Crippen molar-refractivity contribution in [1.29, 1.82) is 0 Å². The van der Waals surface area contributed by atoms with Crippen LogP contribution in [-0.4, -0.2) is 4.98 Å². The Kier molecular flexibility index (Phi) is 4.28. The molecule has 0 amide bonds. The van der Waals surface area contributed by atoms with Gasteiger partial charge in [0.2, 0.25) is 0 Å². The van der Waals surface area contributed by atoms with Gasteiger partial charge in [-0.2, -0.15) is 0 Å². The molecule has 1 nitrogen and oxygen atoms in total. The minimum Gasteiger partial charge on any atom is -0.256 e. The summed E-state index contributed by atoms with van der Waals surface area (Å²) in [6.45, 7) is 9.10. The molecule has 0 radical (unpaired) electrons. The lowest BCUT2D eigenvalue weighted by molar-refractivity contribution is 0.647. The van der Waals surface area contributed by atoms with Gasteiger partial charge in [0.25, 0.3) is 0 Å². The van der Waals surface area contributed by atoms with Crippen molar-refractivity contribution in [2.24, 2.45) is 5.92 Å². The maximum absolute atomic E-state index is 4.89. The van der Waals surface area contributed by atoms with Crippen LogP contribution in [0.3, 0.4) is 0 Å². The van der Waals surface area contributed by atoms with Gasteiger partial charge in [-0.25, -0.2) is 0 Å². The molecule has 0 spiro atoms. The minimum atomic E-state index is 0.489. The summed E-state index contributed by atoms with van der Waals surface area (Å²) in [7, 11) is 0. The largest absolute Gasteiger partial charge is 0.256 e. The Labute approximate surface area is 173 Å². The van der Waals surface area contributed by atoms with E-state index in [1.807, 2.05) is 6.20 Å². The fourth-order valence-electron chi connectivity index (χ4n) is 4.66. The Morgan fingerprint density at radius 1 is 0.724 bits per heavy atom. The van der Waals surface area contributed by atoms with Crippen LogP contribution in [0.2, 0.25) is 0 Å². The lowest BCUT2D eigenvalue weighted by Gasteiger charge is -2.14. The lowest BCUT2D eigenvalue weighted by Crippen LogP contribution is -1.96. The first-order valence-electron chi connectivity index (χ1n) is 10.7. The van der Waals surface area contributed by atoms with E-state index in [0.717, 1.165) is 12.1 Å². The first-order valence-corrected chi connectivity index (χ1v) is 10.7. The number of pyridine rings is 1. The summed E-state index contributed by atoms with van der Waals surface area (Å²) in [6.07, 6.45) is 3.06. The second kappa shape index (κ2) is 6.84. The first-order chi connectivity index (χ1) is 14.0. The molecule has 0 N–H and O–H groups in total. The van der Waals surface area contributed by atoms with E-state index in [0.29, 0.717) is 11.8 Å². The summed E-state index contributed by atoms with van der Waals surface area (Å²) in [4.78, 5) is 4.89. The molecule has 5 rings (SSSR count). The van der Waals surface area contributed by atoms with E-state index in [2.05, 4.69) is 88.4 Å². The van der Waals surface area contributed by atoms with Crippen molar-refractivity contribution in [3.8, 4) is 33.5 Å². The monoisotopic (exact) mass is 377 g/mol. The van der Waals surface area contributed by atoms with Crippen molar-refractivity contribution in [3.63, 3.8) is 0 Å². The van der Waals surface area contributed by atoms with Crippen molar-refractivity contribution >= 4 is 10.8 Å². The van der Waals surface area contributed by atoms with Gasteiger partial charge in [-0.05, 0) is 63.1 Å². The second-order valence-electron chi connectivity index (χ2n) is 9.00. The summed E-state index contributed by atoms with van der Waals surface area (Å²) >= 11 is 0. The number of rotatable bonds is 3. The van der Waals surface area contributed by atoms with E-state index in [1.165, 1.54) is 49.7 Å². The highest BCUT2D eigenvalue weighted by molar-refractivity contribution is 6.12. The van der Waals surface area contributed by atoms with Gasteiger partial charge in [0.15, 0.2) is 0 Å². The topological polar surface area (TPSA) is 12.9 Å². The zero-order chi connectivity index (χ0) is 20.1. The van der Waals surface area contributed by atoms with E-state index >= 15 is 0 Å². The van der Waals surface area contributed by atoms with E-state index < -0.39 is 0 Å². The number of aromatic nitrogens is 1. The molecule has 0 atom stereocenters. The molecule has 1 heteroatoms. The van der Waals surface area contributed by atoms with Crippen LogP contribution >= 0.6 is 0 Å². The van der Waals surface area contributed by atoms with Gasteiger partial charge in [0, 0.05) is 17.1 Å². The molecule has 1 aliphatic rings. The van der Waals surface area contributed by atoms with Crippen molar-refractivity contribution < 1.29 is 0 Å². The van der Waals surface area contributed by atoms with Gasteiger partial charge in [0.05, 0.1) is 5.69 Å². The molecule has 144 valence electrons. The third kappa shape index (κ3) is 2.97. The molecule has 3 aromatic carbocycles. The lowest BCUT2D eigenvalue weighted by atomic mass is 9.90. The smallest absolute Gasteiger partial charge is 0.0792 e. The highest BCUT2D eigenvalue weighted by Crippen LogP contribution is 2.47. The fraction of sp³-hybridized carbons (Fsp3) is 0.250. The summed E-state index contributed by atoms with van der Waals surface area (Å²) in [6, 6.07) is 22.7. The normalized spacial score (nSPS) is 12.2. The maximum Gasteiger partial charge on any atom is 0.0792 e. The first kappa shape index (κ1) is 18.1. The molecule has 0 aliphatic heterocycles. The van der Waals surface area contributed by atoms with Crippen LogP contribution in [0.15, 0.2) is 66.9 Å². The Morgan fingerprint density at radius 3 is 2.21 bits per heavy atom. The van der Waals surface area contributed by atoms with Gasteiger partial charge in [-0.3, -0.25) is 4.98 Å². The predicted molar refractivity (Wildman–Crippen MR) is 124 cm³/mol. The van der Waals surface area contributed by atoms with Crippen molar-refractivity contribution in [1.82, 2.24) is 4.98 Å². The number of benzene rings is 3. The highest BCUT2D eigenvalue weighted by atomic mass is 14.7. The van der Waals surface area contributed by atoms with Crippen LogP contribution in [0.5, 0.6) is 0 Å². The zero-order valence-corrected chi connectivity index (χ0v) is 17.7. The van der Waals surface area contributed by atoms with E-state index in [4.69, 9.17) is 4.98 Å². The van der Waals surface area contributed by atoms with Crippen LogP contribution in [0.25, 0.3) is 44.3 Å². The molecule has 29 heavy (non-hydrogen) atoms. The van der Waals surface area contributed by atoms with Gasteiger partial charge in [-0.15, -0.1) is 0 Å². The quantitative estimate of drug-likeness (QED) is 0.312. The van der Waals surface area contributed by atoms with Crippen molar-refractivity contribution in [2.75, 3.05) is 0 Å². The number of hydrogen-bond acceptors (Lipinski definition) is 1. The third-order valence-electron chi connectivity index (χ3n) is 6.04. The van der Waals surface area contributed by atoms with Crippen LogP contribution in [0, 0.1) is 5.92 Å². The average molecular weight is 378 g/mol. The van der Waals surface area contributed by atoms with E-state index in [-0.39, 0.29) is 0 Å². The number of fused-ring (bicyclic) bond motifs is 5. The minimum absolute atomic E-state index is 0.489. The molecule has 0 saturated carbocycles. The Bertz CT molecular complexity index is 1230. The van der Waals surface area contributed by atoms with Crippen LogP contribution < -0.4 is 0 Å². The van der Waals surface area contributed by atoms with Gasteiger partial charge >= 0.3 is 0 Å². The number of nitrogens with zero attached hydrogens (tertiary/aromatic N) is 1. The maximum atomic E-state index is 4.89. The van der Waals surface area contributed by atoms with Crippen LogP contribution in [0.4, 0.5) is 0 Å². The molecule has 0 fully saturated rings. The van der Waals surface area contributed by atoms with Crippen molar-refractivity contribution in [2.45, 2.75) is 40.0 Å². The molecule has 4 aromatic rings. The highest BCUT2D eigenvalue weighted by Gasteiger charge is 2.23. The summed E-state index contributed by atoms with van der Waals surface area (Å²) in [5.74, 6) is 1.13. The van der Waals surface area contributed by atoms with E-state index in [1.54, 1.807) is 0 Å². The summed E-state index contributed by atoms with van der Waals surface area (Å²) < 4.78 is 0. The SMILES string of the molecule is CC(C)Cc1ccc2c(c1)-c1ccccc1-c1cc(C(C)C)cc3ccnc-2c13. The average Bonchev–Trinajstić information content (AvgIpc) is 2.82. The molecule has 0 unspecified atom stereocenters. The molecule has 1 aliphatic carbocycles. The zero-order valence-electron chi connectivity index (χ0n) is 17.7. The van der Waals surface area contributed by atoms with Crippen molar-refractivity contribution in [3.05, 3.63) is 78.0 Å². The Balaban J connectivity index is 1.91. The van der Waals surface area contributed by atoms with Gasteiger partial charge in [0.1, 0.15) is 0 Å². The molecule has 0 bridgehead atoms. The number of hydrogen-bond donors (Lipinski definition) is 0. The summed E-state index contributed by atoms with van der Waals surface area (Å²) in [5.41, 5.74) is 10.4. The molecule has 0 saturated heterocycles. The molecular formula is C28H27N. The van der Waals surface area contributed by atoms with Crippen LogP contribution in [-0.2, 0) is 6.42 Å². The Hall–Kier alpha value is -2.93. The fourth-order valence-corrected chi connectivity index (χ4v) is 4.66. The predicted octanol–water partition coefficient (Wildman–Crippen LogP) is 7.87. The van der Waals surface area contributed by atoms with Crippen LogP contribution in [0.1, 0.15) is 44.7 Å². The van der Waals surface area contributed by atoms with Gasteiger partial charge < -0.3 is 0 Å². The molecule has 1 aromatic heterocycles. The van der Waals surface area contributed by atoms with E-state index in [9.17, 15) is 0 Å². The standard InChI is InChI=1S/C28H27N/c1-17(2)13-19-9-10-24-25(14-19)22-7-5-6-8-23(22)26-16-21(18(3)4)15-20-11-12-29-28(24)27(20)26/h5-12,14-18H,13H2,1-4H3. The van der Waals surface area contributed by atoms with Gasteiger partial charge in [-0.1, -0.05) is 82.3 Å². The molecule has 1 heterocycles. The third-order valence-corrected chi connectivity index (χ3v) is 6.04. The Morgan fingerprint density at radius 2 is 1.48 bits per heavy atom. The molecular weight excluding hydrogens is 350 g/mol. The summed E-state index contributed by atoms with van der Waals surface area (Å²) in [5, 5.41) is 2.56.